The lowest BCUT2D eigenvalue weighted by Crippen LogP contribution is -2.40. The molecule has 6 nitrogen and oxygen atoms in total. The summed E-state index contributed by atoms with van der Waals surface area (Å²) in [6.07, 6.45) is 4.28. The number of hydrogen-bond acceptors (Lipinski definition) is 3. The van der Waals surface area contributed by atoms with Crippen LogP contribution in [0.15, 0.2) is 0 Å². The molecule has 0 atom stereocenters. The van der Waals surface area contributed by atoms with E-state index in [9.17, 15) is 14.4 Å². The number of rotatable bonds is 4. The van der Waals surface area contributed by atoms with Gasteiger partial charge in [-0.25, -0.2) is 4.79 Å². The average Bonchev–Trinajstić information content (AvgIpc) is 2.61. The molecule has 0 bridgehead atoms. The molecular formula is C14H23N3O3. The number of carbonyl (C=O) groups excluding carboxylic acids is 3. The Morgan fingerprint density at radius 2 is 1.85 bits per heavy atom. The summed E-state index contributed by atoms with van der Waals surface area (Å²) in [5, 5.41) is 2.64. The van der Waals surface area contributed by atoms with Gasteiger partial charge in [-0.3, -0.25) is 14.5 Å². The molecule has 0 unspecified atom stereocenters. The van der Waals surface area contributed by atoms with Crippen molar-refractivity contribution in [3.8, 4) is 0 Å². The predicted octanol–water partition coefficient (Wildman–Crippen LogP) is 1.11. The first kappa shape index (κ1) is 14.8. The van der Waals surface area contributed by atoms with Crippen LogP contribution in [0.5, 0.6) is 0 Å². The van der Waals surface area contributed by atoms with Crippen LogP contribution < -0.4 is 5.32 Å². The summed E-state index contributed by atoms with van der Waals surface area (Å²) in [5.74, 6) is -0.0797. The monoisotopic (exact) mass is 281 g/mol. The molecule has 2 fully saturated rings. The van der Waals surface area contributed by atoms with Crippen molar-refractivity contribution < 1.29 is 14.4 Å². The van der Waals surface area contributed by atoms with E-state index >= 15 is 0 Å². The number of imide groups is 1. The Hall–Kier alpha value is -1.59. The van der Waals surface area contributed by atoms with Gasteiger partial charge in [-0.15, -0.1) is 0 Å². The molecule has 0 spiro atoms. The highest BCUT2D eigenvalue weighted by Crippen LogP contribution is 2.17. The lowest BCUT2D eigenvalue weighted by atomic mass is 10.1. The highest BCUT2D eigenvalue weighted by molar-refractivity contribution is 6.06. The fourth-order valence-corrected chi connectivity index (χ4v) is 2.71. The van der Waals surface area contributed by atoms with Crippen molar-refractivity contribution in [3.63, 3.8) is 0 Å². The van der Waals surface area contributed by atoms with Gasteiger partial charge in [0.25, 0.3) is 5.91 Å². The number of nitrogens with zero attached hydrogens (tertiary/aromatic N) is 2. The second kappa shape index (κ2) is 5.81. The molecule has 4 amide bonds. The van der Waals surface area contributed by atoms with Crippen molar-refractivity contribution in [3.05, 3.63) is 0 Å². The number of amides is 4. The van der Waals surface area contributed by atoms with Crippen LogP contribution in [0.25, 0.3) is 0 Å². The molecule has 6 heteroatoms. The summed E-state index contributed by atoms with van der Waals surface area (Å²) in [7, 11) is 0. The van der Waals surface area contributed by atoms with Crippen LogP contribution in [-0.2, 0) is 9.59 Å². The Morgan fingerprint density at radius 3 is 2.40 bits per heavy atom. The van der Waals surface area contributed by atoms with Crippen LogP contribution in [-0.4, -0.2) is 52.8 Å². The van der Waals surface area contributed by atoms with Crippen molar-refractivity contribution in [2.24, 2.45) is 0 Å². The highest BCUT2D eigenvalue weighted by Gasteiger charge is 2.43. The number of hydrogen-bond donors (Lipinski definition) is 1. The molecule has 0 aromatic carbocycles. The fourth-order valence-electron chi connectivity index (χ4n) is 2.71. The lowest BCUT2D eigenvalue weighted by molar-refractivity contribution is -0.133. The third-order valence-electron chi connectivity index (χ3n) is 3.93. The standard InChI is InChI=1S/C14H23N3O3/c1-14(2)12(19)17(13(20)15-14)10-6-7-11(18)16-8-4-3-5-9-16/h3-10H2,1-2H3,(H,15,20). The highest BCUT2D eigenvalue weighted by atomic mass is 16.2. The first-order chi connectivity index (χ1) is 9.42. The van der Waals surface area contributed by atoms with Gasteiger partial charge < -0.3 is 10.2 Å². The largest absolute Gasteiger partial charge is 0.343 e. The van der Waals surface area contributed by atoms with E-state index in [4.69, 9.17) is 0 Å². The van der Waals surface area contributed by atoms with Crippen LogP contribution in [0.4, 0.5) is 4.79 Å². The van der Waals surface area contributed by atoms with Gasteiger partial charge in [0.1, 0.15) is 5.54 Å². The molecule has 2 aliphatic heterocycles. The molecule has 0 aromatic rings. The van der Waals surface area contributed by atoms with Gasteiger partial charge in [-0.1, -0.05) is 0 Å². The Kier molecular flexibility index (Phi) is 4.30. The molecule has 0 saturated carbocycles. The molecule has 0 aliphatic carbocycles. The summed E-state index contributed by atoms with van der Waals surface area (Å²) < 4.78 is 0. The molecule has 0 aromatic heterocycles. The number of carbonyl (C=O) groups is 3. The van der Waals surface area contributed by atoms with Gasteiger partial charge in [-0.05, 0) is 39.5 Å². The zero-order chi connectivity index (χ0) is 14.8. The molecule has 112 valence electrons. The maximum atomic E-state index is 12.0. The molecule has 2 saturated heterocycles. The van der Waals surface area contributed by atoms with Crippen molar-refractivity contribution in [1.29, 1.82) is 0 Å². The molecule has 1 N–H and O–H groups in total. The van der Waals surface area contributed by atoms with Gasteiger partial charge in [0.15, 0.2) is 0 Å². The SMILES string of the molecule is CC1(C)NC(=O)N(CCCC(=O)N2CCCCC2)C1=O. The zero-order valence-corrected chi connectivity index (χ0v) is 12.3. The number of likely N-dealkylation sites (tertiary alicyclic amines) is 1. The van der Waals surface area contributed by atoms with Crippen molar-refractivity contribution >= 4 is 17.8 Å². The van der Waals surface area contributed by atoms with Crippen LogP contribution in [0.2, 0.25) is 0 Å². The second-order valence-corrected chi connectivity index (χ2v) is 6.06. The minimum absolute atomic E-state index is 0.135. The van der Waals surface area contributed by atoms with Crippen molar-refractivity contribution in [2.75, 3.05) is 19.6 Å². The zero-order valence-electron chi connectivity index (χ0n) is 12.3. The van der Waals surface area contributed by atoms with Crippen molar-refractivity contribution in [2.45, 2.75) is 51.5 Å². The minimum atomic E-state index is -0.825. The molecule has 2 aliphatic rings. The van der Waals surface area contributed by atoms with Crippen LogP contribution >= 0.6 is 0 Å². The molecular weight excluding hydrogens is 258 g/mol. The van der Waals surface area contributed by atoms with E-state index in [1.54, 1.807) is 13.8 Å². The second-order valence-electron chi connectivity index (χ2n) is 6.06. The fraction of sp³-hybridized carbons (Fsp3) is 0.786. The van der Waals surface area contributed by atoms with Crippen molar-refractivity contribution in [1.82, 2.24) is 15.1 Å². The van der Waals surface area contributed by atoms with Crippen LogP contribution in [0, 0.1) is 0 Å². The molecule has 20 heavy (non-hydrogen) atoms. The Labute approximate surface area is 119 Å². The van der Waals surface area contributed by atoms with Crippen LogP contribution in [0.1, 0.15) is 46.0 Å². The van der Waals surface area contributed by atoms with E-state index in [1.807, 2.05) is 4.90 Å². The van der Waals surface area contributed by atoms with Gasteiger partial charge in [0.05, 0.1) is 0 Å². The molecule has 2 rings (SSSR count). The quantitative estimate of drug-likeness (QED) is 0.785. The van der Waals surface area contributed by atoms with Crippen LogP contribution in [0.3, 0.4) is 0 Å². The number of urea groups is 1. The third-order valence-corrected chi connectivity index (χ3v) is 3.93. The Bertz CT molecular complexity index is 414. The van der Waals surface area contributed by atoms with E-state index in [1.165, 1.54) is 11.3 Å². The Morgan fingerprint density at radius 1 is 1.20 bits per heavy atom. The average molecular weight is 281 g/mol. The smallest absolute Gasteiger partial charge is 0.325 e. The normalized spacial score (nSPS) is 22.1. The predicted molar refractivity (Wildman–Crippen MR) is 74.0 cm³/mol. The van der Waals surface area contributed by atoms with E-state index in [0.717, 1.165) is 25.9 Å². The summed E-state index contributed by atoms with van der Waals surface area (Å²) >= 11 is 0. The number of piperidine rings is 1. The topological polar surface area (TPSA) is 69.7 Å². The van der Waals surface area contributed by atoms with Gasteiger partial charge in [0.2, 0.25) is 5.91 Å². The first-order valence-corrected chi connectivity index (χ1v) is 7.34. The first-order valence-electron chi connectivity index (χ1n) is 7.34. The Balaban J connectivity index is 1.77. The molecule has 0 radical (unpaired) electrons. The minimum Gasteiger partial charge on any atom is -0.343 e. The third kappa shape index (κ3) is 3.11. The maximum Gasteiger partial charge on any atom is 0.325 e. The van der Waals surface area contributed by atoms with Gasteiger partial charge in [0, 0.05) is 26.1 Å². The van der Waals surface area contributed by atoms with E-state index in [0.29, 0.717) is 19.4 Å². The van der Waals surface area contributed by atoms with E-state index in [-0.39, 0.29) is 17.8 Å². The lowest BCUT2D eigenvalue weighted by Gasteiger charge is -2.27. The van der Waals surface area contributed by atoms with E-state index in [2.05, 4.69) is 5.32 Å². The summed E-state index contributed by atoms with van der Waals surface area (Å²) in [4.78, 5) is 38.7. The molecule has 2 heterocycles. The summed E-state index contributed by atoms with van der Waals surface area (Å²) in [6, 6.07) is -0.356. The summed E-state index contributed by atoms with van der Waals surface area (Å²) in [5.41, 5.74) is -0.825. The van der Waals surface area contributed by atoms with E-state index < -0.39 is 5.54 Å². The maximum absolute atomic E-state index is 12.0. The summed E-state index contributed by atoms with van der Waals surface area (Å²) in [6.45, 7) is 5.37. The number of nitrogens with one attached hydrogen (secondary N) is 1. The van der Waals surface area contributed by atoms with Gasteiger partial charge in [-0.2, -0.15) is 0 Å². The van der Waals surface area contributed by atoms with Gasteiger partial charge >= 0.3 is 6.03 Å².